The van der Waals surface area contributed by atoms with Gasteiger partial charge in [0.05, 0.1) is 0 Å². The Morgan fingerprint density at radius 3 is 2.00 bits per heavy atom. The van der Waals surface area contributed by atoms with Crippen LogP contribution in [0.5, 0.6) is 0 Å². The maximum atomic E-state index is 4.04. The van der Waals surface area contributed by atoms with E-state index in [2.05, 4.69) is 83.9 Å². The molecule has 0 heterocycles. The molecule has 1 aromatic rings. The highest BCUT2D eigenvalue weighted by atomic mass is 14.2. The summed E-state index contributed by atoms with van der Waals surface area (Å²) in [6.07, 6.45) is 12.2. The van der Waals surface area contributed by atoms with Crippen molar-refractivity contribution < 1.29 is 0 Å². The third kappa shape index (κ3) is 23.4. The van der Waals surface area contributed by atoms with E-state index in [4.69, 9.17) is 0 Å². The lowest BCUT2D eigenvalue weighted by atomic mass is 9.99. The predicted molar refractivity (Wildman–Crippen MR) is 161 cm³/mol. The Kier molecular flexibility index (Phi) is 29.8. The summed E-state index contributed by atoms with van der Waals surface area (Å²) in [5.41, 5.74) is 5.47. The molecule has 0 aliphatic heterocycles. The maximum Gasteiger partial charge on any atom is 0.0242 e. The summed E-state index contributed by atoms with van der Waals surface area (Å²) >= 11 is 0. The van der Waals surface area contributed by atoms with Gasteiger partial charge in [-0.1, -0.05) is 136 Å². The van der Waals surface area contributed by atoms with Crippen molar-refractivity contribution in [3.05, 3.63) is 59.7 Å². The monoisotopic (exact) mass is 468 g/mol. The first-order chi connectivity index (χ1) is 16.3. The molecule has 0 N–H and O–H groups in total. The molecular weight excluding hydrogens is 408 g/mol. The smallest absolute Gasteiger partial charge is 0.0242 e. The number of hydrogen-bond acceptors (Lipinski definition) is 0. The van der Waals surface area contributed by atoms with Gasteiger partial charge >= 0.3 is 0 Å². The molecular formula is C34H60. The molecule has 0 radical (unpaired) electrons. The summed E-state index contributed by atoms with van der Waals surface area (Å²) in [5, 5.41) is 0. The molecule has 1 aliphatic carbocycles. The highest BCUT2D eigenvalue weighted by molar-refractivity contribution is 5.26. The van der Waals surface area contributed by atoms with Crippen LogP contribution in [0.2, 0.25) is 0 Å². The molecule has 0 bridgehead atoms. The molecule has 1 fully saturated rings. The van der Waals surface area contributed by atoms with Crippen LogP contribution in [0.4, 0.5) is 0 Å². The Morgan fingerprint density at radius 1 is 1.03 bits per heavy atom. The average Bonchev–Trinajstić information content (AvgIpc) is 3.28. The maximum absolute atomic E-state index is 4.04. The zero-order valence-electron chi connectivity index (χ0n) is 24.9. The van der Waals surface area contributed by atoms with Gasteiger partial charge in [-0.05, 0) is 56.1 Å². The number of allylic oxidation sites excluding steroid dienone is 2. The Bertz CT molecular complexity index is 646. The van der Waals surface area contributed by atoms with Crippen molar-refractivity contribution in [1.82, 2.24) is 0 Å². The lowest BCUT2D eigenvalue weighted by molar-refractivity contribution is 0.702. The van der Waals surface area contributed by atoms with E-state index in [0.29, 0.717) is 11.8 Å². The number of rotatable bonds is 7. The molecule has 0 spiro atoms. The summed E-state index contributed by atoms with van der Waals surface area (Å²) in [7, 11) is 0. The highest BCUT2D eigenvalue weighted by Gasteiger charge is 2.14. The van der Waals surface area contributed by atoms with Gasteiger partial charge < -0.3 is 0 Å². The van der Waals surface area contributed by atoms with Crippen molar-refractivity contribution in [2.45, 2.75) is 139 Å². The van der Waals surface area contributed by atoms with Gasteiger partial charge in [-0.25, -0.2) is 0 Å². The Balaban J connectivity index is -0.000000531. The van der Waals surface area contributed by atoms with Crippen molar-refractivity contribution in [1.29, 1.82) is 0 Å². The van der Waals surface area contributed by atoms with Gasteiger partial charge in [0.2, 0.25) is 0 Å². The van der Waals surface area contributed by atoms with E-state index in [1.165, 1.54) is 60.8 Å². The summed E-state index contributed by atoms with van der Waals surface area (Å²) in [4.78, 5) is 0. The molecule has 34 heavy (non-hydrogen) atoms. The van der Waals surface area contributed by atoms with E-state index in [-0.39, 0.29) is 0 Å². The van der Waals surface area contributed by atoms with Crippen molar-refractivity contribution in [3.63, 3.8) is 0 Å². The molecule has 1 saturated carbocycles. The molecule has 0 heteroatoms. The van der Waals surface area contributed by atoms with Crippen molar-refractivity contribution in [2.75, 3.05) is 0 Å². The van der Waals surface area contributed by atoms with Gasteiger partial charge in [0.25, 0.3) is 0 Å². The van der Waals surface area contributed by atoms with E-state index in [9.17, 15) is 0 Å². The molecule has 1 aliphatic rings. The quantitative estimate of drug-likeness (QED) is 0.212. The lowest BCUT2D eigenvalue weighted by Gasteiger charge is -2.06. The first-order valence-electron chi connectivity index (χ1n) is 14.2. The minimum Gasteiger partial charge on any atom is -0.103 e. The summed E-state index contributed by atoms with van der Waals surface area (Å²) in [6, 6.07) is 8.91. The summed E-state index contributed by atoms with van der Waals surface area (Å²) in [5.74, 6) is 7.95. The predicted octanol–water partition coefficient (Wildman–Crippen LogP) is 11.7. The molecule has 1 unspecified atom stereocenters. The van der Waals surface area contributed by atoms with Gasteiger partial charge in [0, 0.05) is 12.3 Å². The van der Waals surface area contributed by atoms with Crippen LogP contribution in [0.15, 0.2) is 48.6 Å². The summed E-state index contributed by atoms with van der Waals surface area (Å²) in [6.45, 7) is 28.8. The van der Waals surface area contributed by atoms with E-state index in [1.807, 2.05) is 34.6 Å². The Morgan fingerprint density at radius 2 is 1.59 bits per heavy atom. The Labute approximate surface area is 216 Å². The number of unbranched alkanes of at least 4 members (excludes halogenated alkanes) is 3. The molecule has 0 amide bonds. The molecule has 1 aromatic carbocycles. The van der Waals surface area contributed by atoms with Crippen LogP contribution in [-0.4, -0.2) is 0 Å². The minimum atomic E-state index is 0.578. The summed E-state index contributed by atoms with van der Waals surface area (Å²) < 4.78 is 0. The third-order valence-corrected chi connectivity index (χ3v) is 5.40. The molecule has 0 aromatic heterocycles. The average molecular weight is 469 g/mol. The van der Waals surface area contributed by atoms with E-state index < -0.39 is 0 Å². The first-order valence-corrected chi connectivity index (χ1v) is 14.2. The lowest BCUT2D eigenvalue weighted by Crippen LogP contribution is -1.91. The van der Waals surface area contributed by atoms with Gasteiger partial charge in [-0.2, -0.15) is 0 Å². The minimum absolute atomic E-state index is 0.578. The number of hydrogen-bond donors (Lipinski definition) is 0. The normalized spacial score (nSPS) is 13.4. The Hall–Kier alpha value is -1.74. The van der Waals surface area contributed by atoms with Gasteiger partial charge in [-0.3, -0.25) is 0 Å². The second-order valence-electron chi connectivity index (χ2n) is 8.93. The van der Waals surface area contributed by atoms with E-state index >= 15 is 0 Å². The standard InChI is InChI=1S/C19H24.C6H14.C5H10.2C2H6/c1-15(2)19-10-6-9-17(14-19)7-4-5-8-18-12-11-16(3)13-18;1-3-5-6-4-2;1-4-5(2)3;2*1-2/h6,9-10,14-15,18H,3-4,7,11-13H2,1-2H3;3-6H2,1-2H3;2,4H2,1,3H3;2*1-2H3. The fourth-order valence-electron chi connectivity index (χ4n) is 3.09. The molecule has 196 valence electrons. The van der Waals surface area contributed by atoms with Crippen LogP contribution >= 0.6 is 0 Å². The van der Waals surface area contributed by atoms with Crippen LogP contribution in [0, 0.1) is 17.8 Å². The van der Waals surface area contributed by atoms with Crippen LogP contribution in [-0.2, 0) is 6.42 Å². The zero-order chi connectivity index (χ0) is 26.8. The van der Waals surface area contributed by atoms with E-state index in [1.54, 1.807) is 0 Å². The zero-order valence-corrected chi connectivity index (χ0v) is 24.9. The van der Waals surface area contributed by atoms with Gasteiger partial charge in [0.15, 0.2) is 0 Å². The fraction of sp³-hybridized carbons (Fsp3) is 0.647. The highest BCUT2D eigenvalue weighted by Crippen LogP contribution is 2.28. The SMILES string of the molecule is C=C(C)CC.C=C1CCC(C#CCCc2cccc(C(C)C)c2)C1.CC.CC.CCCCCC. The van der Waals surface area contributed by atoms with Crippen LogP contribution in [0.25, 0.3) is 0 Å². The van der Waals surface area contributed by atoms with Crippen molar-refractivity contribution in [3.8, 4) is 11.8 Å². The fourth-order valence-corrected chi connectivity index (χ4v) is 3.09. The third-order valence-electron chi connectivity index (χ3n) is 5.40. The number of benzene rings is 1. The van der Waals surface area contributed by atoms with E-state index in [0.717, 1.165) is 25.7 Å². The van der Waals surface area contributed by atoms with Crippen molar-refractivity contribution >= 4 is 0 Å². The largest absolute Gasteiger partial charge is 0.103 e. The molecule has 0 saturated heterocycles. The molecule has 0 nitrogen and oxygen atoms in total. The second-order valence-corrected chi connectivity index (χ2v) is 8.93. The van der Waals surface area contributed by atoms with Crippen LogP contribution < -0.4 is 0 Å². The van der Waals surface area contributed by atoms with Gasteiger partial charge in [0.1, 0.15) is 0 Å². The first kappa shape index (κ1) is 36.8. The van der Waals surface area contributed by atoms with Crippen LogP contribution in [0.1, 0.15) is 144 Å². The van der Waals surface area contributed by atoms with Gasteiger partial charge in [-0.15, -0.1) is 12.5 Å². The number of aryl methyl sites for hydroxylation is 1. The molecule has 2 rings (SSSR count). The topological polar surface area (TPSA) is 0 Å². The van der Waals surface area contributed by atoms with Crippen molar-refractivity contribution in [2.24, 2.45) is 5.92 Å². The molecule has 1 atom stereocenters. The second kappa shape index (κ2) is 27.5. The van der Waals surface area contributed by atoms with Crippen LogP contribution in [0.3, 0.4) is 0 Å².